The molecule has 2 aromatic carbocycles. The summed E-state index contributed by atoms with van der Waals surface area (Å²) in [7, 11) is 5.68. The lowest BCUT2D eigenvalue weighted by molar-refractivity contribution is -0.136. The average molecular weight is 554 g/mol. The second-order valence-corrected chi connectivity index (χ2v) is 10.0. The minimum atomic E-state index is -1.91. The Hall–Kier alpha value is -3.98. The number of allylic oxidation sites excluding steroid dienone is 2. The summed E-state index contributed by atoms with van der Waals surface area (Å²) >= 11 is 6.57. The number of carbonyl (C=O) groups is 3. The van der Waals surface area contributed by atoms with E-state index in [1.54, 1.807) is 45.2 Å². The summed E-state index contributed by atoms with van der Waals surface area (Å²) in [4.78, 5) is 41.9. The Balaban J connectivity index is 1.71. The van der Waals surface area contributed by atoms with Crippen LogP contribution < -0.4 is 24.3 Å². The lowest BCUT2D eigenvalue weighted by Gasteiger charge is -2.42. The number of nitrogens with one attached hydrogen (secondary N) is 1. The number of esters is 1. The highest BCUT2D eigenvalue weighted by atomic mass is 35.5. The van der Waals surface area contributed by atoms with Gasteiger partial charge in [-0.25, -0.2) is 4.79 Å². The molecule has 0 radical (unpaired) electrons. The number of rotatable bonds is 5. The third-order valence-corrected chi connectivity index (χ3v) is 8.06. The van der Waals surface area contributed by atoms with Crippen molar-refractivity contribution in [3.63, 3.8) is 0 Å². The molecule has 204 valence electrons. The summed E-state index contributed by atoms with van der Waals surface area (Å²) in [6, 6.07) is 8.55. The Kier molecular flexibility index (Phi) is 6.58. The Morgan fingerprint density at radius 3 is 2.28 bits per heavy atom. The molecule has 2 heterocycles. The molecule has 0 amide bonds. The highest BCUT2D eigenvalue weighted by molar-refractivity contribution is 6.36. The van der Waals surface area contributed by atoms with E-state index in [9.17, 15) is 14.4 Å². The van der Waals surface area contributed by atoms with Gasteiger partial charge in [0.2, 0.25) is 17.2 Å². The van der Waals surface area contributed by atoms with Crippen LogP contribution in [-0.2, 0) is 14.3 Å². The third kappa shape index (κ3) is 3.71. The number of methoxy groups -OCH3 is 4. The molecule has 2 aliphatic heterocycles. The van der Waals surface area contributed by atoms with Crippen molar-refractivity contribution < 1.29 is 38.1 Å². The number of Topliss-reactive ketones (excluding diaryl/α,β-unsaturated/α-hetero) is 2. The summed E-state index contributed by atoms with van der Waals surface area (Å²) < 4.78 is 27.5. The Morgan fingerprint density at radius 2 is 1.69 bits per heavy atom. The van der Waals surface area contributed by atoms with E-state index in [0.717, 1.165) is 0 Å². The number of benzene rings is 2. The zero-order valence-corrected chi connectivity index (χ0v) is 23.1. The molecular formula is C29H28ClNO8. The predicted octanol–water partition coefficient (Wildman–Crippen LogP) is 4.38. The summed E-state index contributed by atoms with van der Waals surface area (Å²) in [5.41, 5.74) is 0.525. The normalized spacial score (nSPS) is 23.7. The molecule has 0 fully saturated rings. The Bertz CT molecular complexity index is 1480. The van der Waals surface area contributed by atoms with Gasteiger partial charge >= 0.3 is 5.97 Å². The maximum atomic E-state index is 14.7. The monoisotopic (exact) mass is 553 g/mol. The minimum absolute atomic E-state index is 0.0341. The first kappa shape index (κ1) is 26.6. The highest BCUT2D eigenvalue weighted by Crippen LogP contribution is 2.56. The maximum absolute atomic E-state index is 14.7. The van der Waals surface area contributed by atoms with Gasteiger partial charge in [-0.3, -0.25) is 9.59 Å². The van der Waals surface area contributed by atoms with Crippen molar-refractivity contribution in [1.29, 1.82) is 0 Å². The molecule has 1 unspecified atom stereocenters. The van der Waals surface area contributed by atoms with Crippen LogP contribution in [0.25, 0.3) is 0 Å². The van der Waals surface area contributed by atoms with Gasteiger partial charge in [0.05, 0.1) is 34.0 Å². The summed E-state index contributed by atoms with van der Waals surface area (Å²) in [6.07, 6.45) is 0.302. The topological polar surface area (TPSA) is 109 Å². The number of ketones is 2. The average Bonchev–Trinajstić information content (AvgIpc) is 3.26. The first-order chi connectivity index (χ1) is 18.6. The van der Waals surface area contributed by atoms with E-state index in [0.29, 0.717) is 29.1 Å². The molecule has 39 heavy (non-hydrogen) atoms. The van der Waals surface area contributed by atoms with Gasteiger partial charge in [-0.15, -0.1) is 0 Å². The van der Waals surface area contributed by atoms with Crippen molar-refractivity contribution in [1.82, 2.24) is 5.32 Å². The van der Waals surface area contributed by atoms with Gasteiger partial charge in [0.15, 0.2) is 5.75 Å². The number of hydrogen-bond donors (Lipinski definition) is 1. The zero-order chi connectivity index (χ0) is 28.2. The number of carbonyl (C=O) groups excluding carboxylic acids is 3. The van der Waals surface area contributed by atoms with Crippen molar-refractivity contribution in [2.75, 3.05) is 28.4 Å². The van der Waals surface area contributed by atoms with Crippen LogP contribution in [0.1, 0.15) is 42.1 Å². The Morgan fingerprint density at radius 1 is 1.03 bits per heavy atom. The van der Waals surface area contributed by atoms with Gasteiger partial charge in [-0.2, -0.15) is 0 Å². The van der Waals surface area contributed by atoms with Gasteiger partial charge in [0.25, 0.3) is 0 Å². The largest absolute Gasteiger partial charge is 0.497 e. The van der Waals surface area contributed by atoms with E-state index < -0.39 is 35.0 Å². The molecular weight excluding hydrogens is 526 g/mol. The van der Waals surface area contributed by atoms with E-state index in [1.165, 1.54) is 27.4 Å². The molecule has 1 N–H and O–H groups in total. The summed E-state index contributed by atoms with van der Waals surface area (Å²) in [5, 5.41) is 3.30. The van der Waals surface area contributed by atoms with Crippen molar-refractivity contribution in [2.24, 2.45) is 5.92 Å². The fourth-order valence-corrected chi connectivity index (χ4v) is 6.05. The van der Waals surface area contributed by atoms with Crippen molar-refractivity contribution in [2.45, 2.75) is 31.8 Å². The number of dihydropyridines is 1. The van der Waals surface area contributed by atoms with Crippen molar-refractivity contribution in [3.05, 3.63) is 69.0 Å². The molecule has 5 rings (SSSR count). The van der Waals surface area contributed by atoms with Crippen LogP contribution in [-0.4, -0.2) is 51.6 Å². The third-order valence-electron chi connectivity index (χ3n) is 7.70. The molecule has 0 aromatic heterocycles. The molecule has 3 atom stereocenters. The molecule has 10 heteroatoms. The zero-order valence-electron chi connectivity index (χ0n) is 22.4. The second-order valence-electron chi connectivity index (χ2n) is 9.65. The van der Waals surface area contributed by atoms with E-state index in [-0.39, 0.29) is 39.0 Å². The van der Waals surface area contributed by atoms with Crippen LogP contribution in [0.15, 0.2) is 52.9 Å². The van der Waals surface area contributed by atoms with Crippen LogP contribution in [0.4, 0.5) is 0 Å². The Labute approximate surface area is 230 Å². The van der Waals surface area contributed by atoms with Crippen LogP contribution in [0.2, 0.25) is 5.02 Å². The SMILES string of the molecule is COC(=O)C1=C(C)NC2=C(C(=O)[C@@]3(Oc4c(Cl)c(OC)cc(OC)c4C3=O)[C@H](C)C2)C1c1ccc(OC)cc1. The van der Waals surface area contributed by atoms with E-state index >= 15 is 0 Å². The van der Waals surface area contributed by atoms with Crippen LogP contribution >= 0.6 is 11.6 Å². The van der Waals surface area contributed by atoms with Crippen molar-refractivity contribution in [3.8, 4) is 23.0 Å². The summed E-state index contributed by atoms with van der Waals surface area (Å²) in [5.74, 6) is -2.02. The van der Waals surface area contributed by atoms with E-state index in [1.807, 2.05) is 0 Å². The molecule has 2 aromatic rings. The number of ether oxygens (including phenoxy) is 5. The molecule has 9 nitrogen and oxygen atoms in total. The highest BCUT2D eigenvalue weighted by Gasteiger charge is 2.63. The quantitative estimate of drug-likeness (QED) is 0.426. The maximum Gasteiger partial charge on any atom is 0.336 e. The van der Waals surface area contributed by atoms with Gasteiger partial charge in [0, 0.05) is 34.9 Å². The molecule has 1 spiro atoms. The number of halogens is 1. The molecule has 0 saturated heterocycles. The minimum Gasteiger partial charge on any atom is -0.497 e. The molecule has 0 saturated carbocycles. The molecule has 1 aliphatic carbocycles. The first-order valence-electron chi connectivity index (χ1n) is 12.3. The van der Waals surface area contributed by atoms with E-state index in [2.05, 4.69) is 5.32 Å². The number of hydrogen-bond acceptors (Lipinski definition) is 9. The number of fused-ring (bicyclic) bond motifs is 1. The lowest BCUT2D eigenvalue weighted by Crippen LogP contribution is -2.58. The first-order valence-corrected chi connectivity index (χ1v) is 12.7. The van der Waals surface area contributed by atoms with Crippen LogP contribution in [0, 0.1) is 5.92 Å². The van der Waals surface area contributed by atoms with Crippen LogP contribution in [0.3, 0.4) is 0 Å². The predicted molar refractivity (Wildman–Crippen MR) is 142 cm³/mol. The van der Waals surface area contributed by atoms with Gasteiger partial charge in [0.1, 0.15) is 27.8 Å². The van der Waals surface area contributed by atoms with E-state index in [4.69, 9.17) is 35.3 Å². The van der Waals surface area contributed by atoms with Gasteiger partial charge in [-0.1, -0.05) is 30.7 Å². The van der Waals surface area contributed by atoms with Gasteiger partial charge < -0.3 is 29.0 Å². The molecule has 0 bridgehead atoms. The van der Waals surface area contributed by atoms with Crippen molar-refractivity contribution >= 4 is 29.1 Å². The molecule has 3 aliphatic rings. The second kappa shape index (κ2) is 9.64. The van der Waals surface area contributed by atoms with Crippen LogP contribution in [0.5, 0.6) is 23.0 Å². The summed E-state index contributed by atoms with van der Waals surface area (Å²) in [6.45, 7) is 3.54. The lowest BCUT2D eigenvalue weighted by atomic mass is 9.65. The van der Waals surface area contributed by atoms with Gasteiger partial charge in [-0.05, 0) is 31.0 Å². The standard InChI is InChI=1S/C29H28ClNO8/c1-13-11-17-22(21(15-7-9-16(35-3)10-8-15)20(14(2)31-17)28(34)38-6)26(32)29(13)27(33)23-18(36-4)12-19(37-5)24(30)25(23)39-29/h7-10,12-13,21,31H,11H2,1-6H3/t13-,21?,29+/m1/s1. The fourth-order valence-electron chi connectivity index (χ4n) is 5.78. The smallest absolute Gasteiger partial charge is 0.336 e. The fraction of sp³-hybridized carbons (Fsp3) is 0.345.